The van der Waals surface area contributed by atoms with Gasteiger partial charge in [0.25, 0.3) is 5.91 Å². The summed E-state index contributed by atoms with van der Waals surface area (Å²) in [6.45, 7) is 3.33. The minimum atomic E-state index is -0.550. The van der Waals surface area contributed by atoms with Gasteiger partial charge in [-0.15, -0.1) is 0 Å². The molecule has 1 amide bonds. The van der Waals surface area contributed by atoms with Gasteiger partial charge >= 0.3 is 5.97 Å². The van der Waals surface area contributed by atoms with Crippen molar-refractivity contribution >= 4 is 17.6 Å². The Morgan fingerprint density at radius 1 is 1.17 bits per heavy atom. The van der Waals surface area contributed by atoms with E-state index in [1.54, 1.807) is 30.3 Å². The second kappa shape index (κ2) is 7.23. The molecule has 116 valence electrons. The highest BCUT2D eigenvalue weighted by Gasteiger charge is 2.13. The summed E-state index contributed by atoms with van der Waals surface area (Å²) in [6.07, 6.45) is 0. The number of ether oxygens (including phenoxy) is 1. The van der Waals surface area contributed by atoms with E-state index in [4.69, 9.17) is 10.00 Å². The molecule has 2 aromatic carbocycles. The number of hydrogen-bond acceptors (Lipinski definition) is 4. The van der Waals surface area contributed by atoms with Crippen LogP contribution in [0, 0.1) is 25.2 Å². The van der Waals surface area contributed by atoms with Crippen molar-refractivity contribution in [3.63, 3.8) is 0 Å². The van der Waals surface area contributed by atoms with Crippen molar-refractivity contribution in [2.45, 2.75) is 13.8 Å². The molecule has 5 heteroatoms. The third-order valence-corrected chi connectivity index (χ3v) is 3.26. The van der Waals surface area contributed by atoms with Crippen LogP contribution < -0.4 is 5.32 Å². The van der Waals surface area contributed by atoms with E-state index < -0.39 is 18.5 Å². The van der Waals surface area contributed by atoms with E-state index in [2.05, 4.69) is 5.32 Å². The maximum Gasteiger partial charge on any atom is 0.338 e. The molecule has 0 aliphatic carbocycles. The van der Waals surface area contributed by atoms with E-state index >= 15 is 0 Å². The molecular formula is C18H16N2O3. The number of para-hydroxylation sites is 1. The van der Waals surface area contributed by atoms with Crippen molar-refractivity contribution in [3.8, 4) is 6.07 Å². The highest BCUT2D eigenvalue weighted by atomic mass is 16.5. The summed E-state index contributed by atoms with van der Waals surface area (Å²) in [6, 6.07) is 14.0. The molecule has 0 aromatic heterocycles. The first-order valence-corrected chi connectivity index (χ1v) is 7.04. The van der Waals surface area contributed by atoms with Crippen LogP contribution in [0.2, 0.25) is 0 Å². The average Bonchev–Trinajstić information content (AvgIpc) is 2.53. The van der Waals surface area contributed by atoms with Gasteiger partial charge in [0.2, 0.25) is 0 Å². The number of carbonyl (C=O) groups excluding carboxylic acids is 2. The van der Waals surface area contributed by atoms with E-state index in [9.17, 15) is 9.59 Å². The molecule has 0 unspecified atom stereocenters. The zero-order valence-electron chi connectivity index (χ0n) is 12.9. The Labute approximate surface area is 134 Å². The first-order chi connectivity index (χ1) is 11.0. The normalized spacial score (nSPS) is 9.78. The molecule has 0 aliphatic rings. The van der Waals surface area contributed by atoms with Gasteiger partial charge in [0.05, 0.1) is 16.8 Å². The van der Waals surface area contributed by atoms with Crippen molar-refractivity contribution in [2.24, 2.45) is 0 Å². The minimum absolute atomic E-state index is 0.349. The molecular weight excluding hydrogens is 292 g/mol. The number of rotatable bonds is 4. The Morgan fingerprint density at radius 3 is 2.61 bits per heavy atom. The van der Waals surface area contributed by atoms with Crippen LogP contribution in [0.15, 0.2) is 42.5 Å². The maximum absolute atomic E-state index is 12.0. The van der Waals surface area contributed by atoms with Crippen molar-refractivity contribution < 1.29 is 14.3 Å². The number of esters is 1. The number of anilines is 1. The molecule has 2 rings (SSSR count). The highest BCUT2D eigenvalue weighted by molar-refractivity contribution is 5.96. The standard InChI is InChI=1S/C18H16N2O3/c1-12-7-8-15(13(2)9-12)18(22)23-11-17(21)20-16-6-4-3-5-14(16)10-19/h3-9H,11H2,1-2H3,(H,20,21). The molecule has 0 bridgehead atoms. The third kappa shape index (κ3) is 4.17. The average molecular weight is 308 g/mol. The summed E-state index contributed by atoms with van der Waals surface area (Å²) in [4.78, 5) is 23.9. The monoisotopic (exact) mass is 308 g/mol. The predicted octanol–water partition coefficient (Wildman–Crippen LogP) is 2.97. The van der Waals surface area contributed by atoms with Crippen LogP contribution in [0.1, 0.15) is 27.0 Å². The van der Waals surface area contributed by atoms with Gasteiger partial charge < -0.3 is 10.1 Å². The lowest BCUT2D eigenvalue weighted by atomic mass is 10.1. The number of benzene rings is 2. The Balaban J connectivity index is 1.96. The summed E-state index contributed by atoms with van der Waals surface area (Å²) in [5.41, 5.74) is 3.01. The first-order valence-electron chi connectivity index (χ1n) is 7.04. The van der Waals surface area contributed by atoms with E-state index in [0.717, 1.165) is 11.1 Å². The van der Waals surface area contributed by atoms with Crippen LogP contribution in [0.5, 0.6) is 0 Å². The molecule has 2 aromatic rings. The number of nitrogens with one attached hydrogen (secondary N) is 1. The largest absolute Gasteiger partial charge is 0.452 e. The third-order valence-electron chi connectivity index (χ3n) is 3.26. The number of nitriles is 1. The van der Waals surface area contributed by atoms with Crippen molar-refractivity contribution in [1.29, 1.82) is 5.26 Å². The van der Waals surface area contributed by atoms with Crippen LogP contribution in [-0.4, -0.2) is 18.5 Å². The summed E-state index contributed by atoms with van der Waals surface area (Å²) < 4.78 is 5.02. The number of amides is 1. The fourth-order valence-corrected chi connectivity index (χ4v) is 2.13. The Morgan fingerprint density at radius 2 is 1.91 bits per heavy atom. The fraction of sp³-hybridized carbons (Fsp3) is 0.167. The van der Waals surface area contributed by atoms with E-state index in [0.29, 0.717) is 16.8 Å². The summed E-state index contributed by atoms with van der Waals surface area (Å²) in [5, 5.41) is 11.5. The van der Waals surface area contributed by atoms with E-state index in [1.807, 2.05) is 32.0 Å². The second-order valence-electron chi connectivity index (χ2n) is 5.10. The zero-order chi connectivity index (χ0) is 16.8. The number of nitrogens with zero attached hydrogens (tertiary/aromatic N) is 1. The quantitative estimate of drug-likeness (QED) is 0.881. The first kappa shape index (κ1) is 16.2. The molecule has 0 aliphatic heterocycles. The van der Waals surface area contributed by atoms with Crippen molar-refractivity contribution in [1.82, 2.24) is 0 Å². The van der Waals surface area contributed by atoms with Gasteiger partial charge in [-0.05, 0) is 37.6 Å². The van der Waals surface area contributed by atoms with Gasteiger partial charge in [0.1, 0.15) is 6.07 Å². The number of aryl methyl sites for hydroxylation is 2. The summed E-state index contributed by atoms with van der Waals surface area (Å²) >= 11 is 0. The molecule has 1 N–H and O–H groups in total. The summed E-state index contributed by atoms with van der Waals surface area (Å²) in [5.74, 6) is -1.04. The fourth-order valence-electron chi connectivity index (χ4n) is 2.13. The lowest BCUT2D eigenvalue weighted by Gasteiger charge is -2.09. The van der Waals surface area contributed by atoms with E-state index in [-0.39, 0.29) is 0 Å². The van der Waals surface area contributed by atoms with Crippen LogP contribution in [-0.2, 0) is 9.53 Å². The molecule has 0 saturated carbocycles. The molecule has 0 heterocycles. The molecule has 0 spiro atoms. The lowest BCUT2D eigenvalue weighted by molar-refractivity contribution is -0.119. The van der Waals surface area contributed by atoms with Gasteiger partial charge in [-0.25, -0.2) is 4.79 Å². The second-order valence-corrected chi connectivity index (χ2v) is 5.10. The van der Waals surface area contributed by atoms with E-state index in [1.165, 1.54) is 0 Å². The topological polar surface area (TPSA) is 79.2 Å². The molecule has 0 radical (unpaired) electrons. The van der Waals surface area contributed by atoms with Crippen LogP contribution in [0.25, 0.3) is 0 Å². The van der Waals surface area contributed by atoms with Crippen LogP contribution in [0.3, 0.4) is 0 Å². The minimum Gasteiger partial charge on any atom is -0.452 e. The smallest absolute Gasteiger partial charge is 0.338 e. The Hall–Kier alpha value is -3.13. The van der Waals surface area contributed by atoms with Crippen LogP contribution in [0.4, 0.5) is 5.69 Å². The lowest BCUT2D eigenvalue weighted by Crippen LogP contribution is -2.21. The van der Waals surface area contributed by atoms with Gasteiger partial charge in [-0.3, -0.25) is 4.79 Å². The highest BCUT2D eigenvalue weighted by Crippen LogP contribution is 2.14. The Bertz CT molecular complexity index is 791. The van der Waals surface area contributed by atoms with Gasteiger partial charge in [-0.1, -0.05) is 29.8 Å². The van der Waals surface area contributed by atoms with Gasteiger partial charge in [-0.2, -0.15) is 5.26 Å². The van der Waals surface area contributed by atoms with Crippen molar-refractivity contribution in [3.05, 3.63) is 64.7 Å². The van der Waals surface area contributed by atoms with Gasteiger partial charge in [0, 0.05) is 0 Å². The van der Waals surface area contributed by atoms with Crippen LogP contribution >= 0.6 is 0 Å². The molecule has 0 atom stereocenters. The van der Waals surface area contributed by atoms with Crippen molar-refractivity contribution in [2.75, 3.05) is 11.9 Å². The number of carbonyl (C=O) groups is 2. The molecule has 5 nitrogen and oxygen atoms in total. The zero-order valence-corrected chi connectivity index (χ0v) is 12.9. The number of hydrogen-bond donors (Lipinski definition) is 1. The molecule has 0 fully saturated rings. The molecule has 0 saturated heterocycles. The predicted molar refractivity (Wildman–Crippen MR) is 86.0 cm³/mol. The molecule has 23 heavy (non-hydrogen) atoms. The maximum atomic E-state index is 12.0. The SMILES string of the molecule is Cc1ccc(C(=O)OCC(=O)Nc2ccccc2C#N)c(C)c1. The van der Waals surface area contributed by atoms with Gasteiger partial charge in [0.15, 0.2) is 6.61 Å². The summed E-state index contributed by atoms with van der Waals surface area (Å²) in [7, 11) is 0. The Kier molecular flexibility index (Phi) is 5.11.